The molecule has 4 rings (SSSR count). The first-order valence-corrected chi connectivity index (χ1v) is 10.3. The molecule has 1 saturated heterocycles. The molecule has 2 aromatic rings. The molecule has 2 aromatic heterocycles. The quantitative estimate of drug-likeness (QED) is 0.779. The van der Waals surface area contributed by atoms with Crippen molar-refractivity contribution in [1.82, 2.24) is 19.9 Å². The molecule has 28 heavy (non-hydrogen) atoms. The molecule has 0 atom stereocenters. The second kappa shape index (κ2) is 7.20. The van der Waals surface area contributed by atoms with E-state index in [-0.39, 0.29) is 12.0 Å². The number of thiazole rings is 1. The predicted molar refractivity (Wildman–Crippen MR) is 107 cm³/mol. The first kappa shape index (κ1) is 18.9. The minimum Gasteiger partial charge on any atom is -0.489 e. The highest BCUT2D eigenvalue weighted by Gasteiger charge is 2.30. The van der Waals surface area contributed by atoms with Gasteiger partial charge in [0.05, 0.1) is 28.4 Å². The lowest BCUT2D eigenvalue weighted by atomic mass is 9.98. The van der Waals surface area contributed by atoms with Crippen molar-refractivity contribution < 1.29 is 14.3 Å². The average molecular weight is 404 g/mol. The summed E-state index contributed by atoms with van der Waals surface area (Å²) in [7, 11) is 0. The van der Waals surface area contributed by atoms with Crippen LogP contribution in [0.5, 0.6) is 5.75 Å². The number of hydrogen-bond acceptors (Lipinski definition) is 8. The van der Waals surface area contributed by atoms with Crippen LogP contribution in [0.15, 0.2) is 6.20 Å². The third-order valence-electron chi connectivity index (χ3n) is 4.80. The zero-order valence-electron chi connectivity index (χ0n) is 16.4. The maximum Gasteiger partial charge on any atom is 0.410 e. The monoisotopic (exact) mass is 403 g/mol. The predicted octanol–water partition coefficient (Wildman–Crippen LogP) is 3.23. The molecule has 8 nitrogen and oxygen atoms in total. The van der Waals surface area contributed by atoms with Crippen LogP contribution in [0.2, 0.25) is 0 Å². The number of amides is 1. The zero-order valence-corrected chi connectivity index (χ0v) is 17.2. The average Bonchev–Trinajstić information content (AvgIpc) is 2.98. The highest BCUT2D eigenvalue weighted by Crippen LogP contribution is 2.41. The van der Waals surface area contributed by atoms with Crippen LogP contribution in [0.4, 0.5) is 10.7 Å². The van der Waals surface area contributed by atoms with Crippen molar-refractivity contribution in [1.29, 1.82) is 0 Å². The van der Waals surface area contributed by atoms with E-state index in [2.05, 4.69) is 9.97 Å². The van der Waals surface area contributed by atoms with Crippen LogP contribution in [-0.2, 0) is 11.2 Å². The lowest BCUT2D eigenvalue weighted by Gasteiger charge is -2.32. The Kier molecular flexibility index (Phi) is 4.86. The van der Waals surface area contributed by atoms with Crippen molar-refractivity contribution >= 4 is 23.4 Å². The summed E-state index contributed by atoms with van der Waals surface area (Å²) in [4.78, 5) is 28.4. The molecule has 0 spiro atoms. The number of nitrogens with two attached hydrogens (primary N) is 1. The van der Waals surface area contributed by atoms with Gasteiger partial charge in [0.25, 0.3) is 0 Å². The maximum atomic E-state index is 12.3. The molecule has 2 aliphatic rings. The molecule has 2 aliphatic heterocycles. The van der Waals surface area contributed by atoms with Crippen molar-refractivity contribution in [2.24, 2.45) is 0 Å². The van der Waals surface area contributed by atoms with Gasteiger partial charge in [-0.2, -0.15) is 0 Å². The molecule has 2 N–H and O–H groups in total. The number of carbonyl (C=O) groups excluding carboxylic acids is 1. The summed E-state index contributed by atoms with van der Waals surface area (Å²) in [5, 5.41) is 1.10. The Labute approximate surface area is 168 Å². The molecule has 0 bridgehead atoms. The number of fused-ring (bicyclic) bond motifs is 3. The smallest absolute Gasteiger partial charge is 0.410 e. The van der Waals surface area contributed by atoms with Crippen LogP contribution in [0.25, 0.3) is 10.6 Å². The highest BCUT2D eigenvalue weighted by molar-refractivity contribution is 7.15. The summed E-state index contributed by atoms with van der Waals surface area (Å²) in [5.74, 6) is 1.22. The second-order valence-electron chi connectivity index (χ2n) is 8.11. The number of anilines is 1. The SMILES string of the molecule is CC(C)(C)OC(=O)N1CCC(c2nc3c(s2)-c2nc(N)ncc2OCC3)CC1. The van der Waals surface area contributed by atoms with Crippen LogP contribution < -0.4 is 10.5 Å². The minimum absolute atomic E-state index is 0.232. The topological polar surface area (TPSA) is 103 Å². The fourth-order valence-electron chi connectivity index (χ4n) is 3.45. The molecule has 1 fully saturated rings. The summed E-state index contributed by atoms with van der Waals surface area (Å²) < 4.78 is 11.2. The van der Waals surface area contributed by atoms with Gasteiger partial charge in [-0.1, -0.05) is 0 Å². The van der Waals surface area contributed by atoms with E-state index in [9.17, 15) is 4.79 Å². The van der Waals surface area contributed by atoms with Gasteiger partial charge in [-0.05, 0) is 33.6 Å². The summed E-state index contributed by atoms with van der Waals surface area (Å²) in [6, 6.07) is 0. The van der Waals surface area contributed by atoms with E-state index in [0.717, 1.165) is 40.5 Å². The van der Waals surface area contributed by atoms with E-state index in [1.807, 2.05) is 20.8 Å². The highest BCUT2D eigenvalue weighted by atomic mass is 32.1. The van der Waals surface area contributed by atoms with E-state index >= 15 is 0 Å². The summed E-state index contributed by atoms with van der Waals surface area (Å²) >= 11 is 1.65. The summed E-state index contributed by atoms with van der Waals surface area (Å²) in [6.45, 7) is 7.57. The Morgan fingerprint density at radius 2 is 2.07 bits per heavy atom. The van der Waals surface area contributed by atoms with Gasteiger partial charge >= 0.3 is 6.09 Å². The molecule has 9 heteroatoms. The summed E-state index contributed by atoms with van der Waals surface area (Å²) in [5.41, 5.74) is 7.05. The standard InChI is InChI=1S/C19H25N5O3S/c1-19(2,3)27-18(25)24-7-4-11(5-8-24)16-22-12-6-9-26-13-10-21-17(20)23-14(13)15(12)28-16/h10-11H,4-9H2,1-3H3,(H2,20,21,23). The summed E-state index contributed by atoms with van der Waals surface area (Å²) in [6.07, 6.45) is 3.88. The van der Waals surface area contributed by atoms with Crippen LogP contribution in [0, 0.1) is 0 Å². The fraction of sp³-hybridized carbons (Fsp3) is 0.579. The van der Waals surface area contributed by atoms with E-state index < -0.39 is 5.60 Å². The van der Waals surface area contributed by atoms with Gasteiger partial charge < -0.3 is 20.1 Å². The number of likely N-dealkylation sites (tertiary alicyclic amines) is 1. The number of hydrogen-bond donors (Lipinski definition) is 1. The largest absolute Gasteiger partial charge is 0.489 e. The number of piperidine rings is 1. The molecular weight excluding hydrogens is 378 g/mol. The Morgan fingerprint density at radius 1 is 1.32 bits per heavy atom. The number of nitrogen functional groups attached to an aromatic ring is 1. The number of aromatic nitrogens is 3. The molecule has 0 unspecified atom stereocenters. The lowest BCUT2D eigenvalue weighted by Crippen LogP contribution is -2.41. The van der Waals surface area contributed by atoms with Gasteiger partial charge in [-0.15, -0.1) is 11.3 Å². The van der Waals surface area contributed by atoms with Gasteiger partial charge in [0.15, 0.2) is 5.75 Å². The number of ether oxygens (including phenoxy) is 2. The zero-order chi connectivity index (χ0) is 19.9. The van der Waals surface area contributed by atoms with Gasteiger partial charge in [-0.3, -0.25) is 0 Å². The first-order valence-electron chi connectivity index (χ1n) is 9.53. The molecular formula is C19H25N5O3S. The third-order valence-corrected chi connectivity index (χ3v) is 6.06. The van der Waals surface area contributed by atoms with E-state index in [1.165, 1.54) is 0 Å². The van der Waals surface area contributed by atoms with E-state index in [0.29, 0.717) is 31.4 Å². The van der Waals surface area contributed by atoms with Gasteiger partial charge in [0.2, 0.25) is 5.95 Å². The Bertz CT molecular complexity index is 884. The Hall–Kier alpha value is -2.42. The van der Waals surface area contributed by atoms with Gasteiger partial charge in [0, 0.05) is 25.4 Å². The van der Waals surface area contributed by atoms with Crippen molar-refractivity contribution in [2.45, 2.75) is 51.6 Å². The van der Waals surface area contributed by atoms with Gasteiger partial charge in [-0.25, -0.2) is 19.7 Å². The fourth-order valence-corrected chi connectivity index (χ4v) is 4.72. The van der Waals surface area contributed by atoms with Crippen molar-refractivity contribution in [3.63, 3.8) is 0 Å². The normalized spacial score (nSPS) is 17.3. The van der Waals surface area contributed by atoms with Crippen LogP contribution in [-0.4, -0.2) is 51.2 Å². The van der Waals surface area contributed by atoms with Crippen LogP contribution in [0.1, 0.15) is 50.2 Å². The number of nitrogens with zero attached hydrogens (tertiary/aromatic N) is 4. The third kappa shape index (κ3) is 3.89. The first-order chi connectivity index (χ1) is 13.3. The molecule has 0 aromatic carbocycles. The van der Waals surface area contributed by atoms with Crippen molar-refractivity contribution in [3.8, 4) is 16.3 Å². The Morgan fingerprint density at radius 3 is 2.79 bits per heavy atom. The lowest BCUT2D eigenvalue weighted by molar-refractivity contribution is 0.0204. The molecule has 0 aliphatic carbocycles. The second-order valence-corrected chi connectivity index (χ2v) is 9.14. The van der Waals surface area contributed by atoms with Crippen molar-refractivity contribution in [2.75, 3.05) is 25.4 Å². The number of carbonyl (C=O) groups is 1. The Balaban J connectivity index is 1.50. The molecule has 0 radical (unpaired) electrons. The molecule has 0 saturated carbocycles. The molecule has 1 amide bonds. The van der Waals surface area contributed by atoms with Crippen molar-refractivity contribution in [3.05, 3.63) is 16.9 Å². The molecule has 4 heterocycles. The maximum absolute atomic E-state index is 12.3. The van der Waals surface area contributed by atoms with Crippen LogP contribution >= 0.6 is 11.3 Å². The van der Waals surface area contributed by atoms with Crippen LogP contribution in [0.3, 0.4) is 0 Å². The van der Waals surface area contributed by atoms with E-state index in [4.69, 9.17) is 20.2 Å². The van der Waals surface area contributed by atoms with E-state index in [1.54, 1.807) is 22.4 Å². The molecule has 150 valence electrons. The van der Waals surface area contributed by atoms with Gasteiger partial charge in [0.1, 0.15) is 11.3 Å². The number of rotatable bonds is 1. The minimum atomic E-state index is -0.472.